The molecule has 0 fully saturated rings. The van der Waals surface area contributed by atoms with Crippen molar-refractivity contribution in [3.63, 3.8) is 0 Å². The Morgan fingerprint density at radius 1 is 1.00 bits per heavy atom. The molecule has 3 nitrogen and oxygen atoms in total. The van der Waals surface area contributed by atoms with E-state index in [1.54, 1.807) is 0 Å². The van der Waals surface area contributed by atoms with Gasteiger partial charge in [0.05, 0.1) is 11.4 Å². The number of aryl methyl sites for hydroxylation is 4. The van der Waals surface area contributed by atoms with Crippen LogP contribution in [-0.2, 0) is 7.05 Å². The van der Waals surface area contributed by atoms with Crippen LogP contribution in [0.1, 0.15) is 22.4 Å². The minimum atomic E-state index is 0.565. The largest absolute Gasteiger partial charge is 0.369 e. The fraction of sp³-hybridized carbons (Fsp3) is 0.357. The Bertz CT molecular complexity index is 580. The predicted octanol–water partition coefficient (Wildman–Crippen LogP) is 2.90. The van der Waals surface area contributed by atoms with Gasteiger partial charge >= 0.3 is 0 Å². The number of rotatable bonds is 1. The summed E-state index contributed by atoms with van der Waals surface area (Å²) >= 11 is 0. The molecule has 0 atom stereocenters. The molecule has 0 saturated carbocycles. The highest BCUT2D eigenvalue weighted by Gasteiger charge is 2.14. The number of anilines is 1. The molecule has 1 aromatic carbocycles. The number of aromatic nitrogens is 2. The average Bonchev–Trinajstić information content (AvgIpc) is 2.48. The molecule has 0 radical (unpaired) electrons. The third-order valence-electron chi connectivity index (χ3n) is 3.40. The fourth-order valence-electron chi connectivity index (χ4n) is 2.25. The number of nitrogen functional groups attached to an aromatic ring is 1. The van der Waals surface area contributed by atoms with Crippen LogP contribution < -0.4 is 5.73 Å². The van der Waals surface area contributed by atoms with E-state index in [4.69, 9.17) is 5.73 Å². The summed E-state index contributed by atoms with van der Waals surface area (Å²) < 4.78 is 1.95. The van der Waals surface area contributed by atoms with E-state index in [1.165, 1.54) is 22.3 Å². The Kier molecular flexibility index (Phi) is 2.69. The maximum atomic E-state index is 5.85. The zero-order valence-electron chi connectivity index (χ0n) is 11.1. The number of nitrogens with two attached hydrogens (primary N) is 1. The fourth-order valence-corrected chi connectivity index (χ4v) is 2.25. The Hall–Kier alpha value is -1.77. The molecule has 1 aromatic heterocycles. The highest BCUT2D eigenvalue weighted by molar-refractivity contribution is 5.69. The van der Waals surface area contributed by atoms with Gasteiger partial charge in [-0.05, 0) is 50.5 Å². The first-order valence-corrected chi connectivity index (χ1v) is 5.79. The SMILES string of the molecule is Cc1cc(C)c(-c2c(C)nc(N)n2C)cc1C. The van der Waals surface area contributed by atoms with Gasteiger partial charge in [-0.1, -0.05) is 6.07 Å². The van der Waals surface area contributed by atoms with Crippen LogP contribution in [0.4, 0.5) is 5.95 Å². The molecule has 0 saturated heterocycles. The maximum absolute atomic E-state index is 5.85. The third kappa shape index (κ3) is 1.82. The Balaban J connectivity index is 2.72. The lowest BCUT2D eigenvalue weighted by Crippen LogP contribution is -2.00. The molecule has 0 bridgehead atoms. The second kappa shape index (κ2) is 3.91. The summed E-state index contributed by atoms with van der Waals surface area (Å²) in [6, 6.07) is 4.43. The Labute approximate surface area is 102 Å². The van der Waals surface area contributed by atoms with E-state index in [0.717, 1.165) is 11.4 Å². The summed E-state index contributed by atoms with van der Waals surface area (Å²) in [5.41, 5.74) is 13.0. The summed E-state index contributed by atoms with van der Waals surface area (Å²) in [5.74, 6) is 0.565. The smallest absolute Gasteiger partial charge is 0.200 e. The van der Waals surface area contributed by atoms with Gasteiger partial charge in [0.2, 0.25) is 5.95 Å². The van der Waals surface area contributed by atoms with Gasteiger partial charge in [0, 0.05) is 12.6 Å². The van der Waals surface area contributed by atoms with Crippen LogP contribution in [0, 0.1) is 27.7 Å². The van der Waals surface area contributed by atoms with Crippen LogP contribution in [0.3, 0.4) is 0 Å². The molecule has 0 amide bonds. The summed E-state index contributed by atoms with van der Waals surface area (Å²) in [6.07, 6.45) is 0. The number of hydrogen-bond acceptors (Lipinski definition) is 2. The van der Waals surface area contributed by atoms with E-state index in [-0.39, 0.29) is 0 Å². The van der Waals surface area contributed by atoms with Gasteiger partial charge in [0.25, 0.3) is 0 Å². The lowest BCUT2D eigenvalue weighted by Gasteiger charge is -2.11. The van der Waals surface area contributed by atoms with E-state index in [0.29, 0.717) is 5.95 Å². The second-order valence-corrected chi connectivity index (χ2v) is 4.71. The van der Waals surface area contributed by atoms with E-state index in [9.17, 15) is 0 Å². The topological polar surface area (TPSA) is 43.8 Å². The van der Waals surface area contributed by atoms with E-state index in [2.05, 4.69) is 37.9 Å². The number of hydrogen-bond donors (Lipinski definition) is 1. The minimum Gasteiger partial charge on any atom is -0.369 e. The van der Waals surface area contributed by atoms with Crippen LogP contribution in [0.25, 0.3) is 11.3 Å². The van der Waals surface area contributed by atoms with Crippen molar-refractivity contribution in [2.75, 3.05) is 5.73 Å². The minimum absolute atomic E-state index is 0.565. The first-order valence-electron chi connectivity index (χ1n) is 5.79. The molecular formula is C14H19N3. The molecular weight excluding hydrogens is 210 g/mol. The van der Waals surface area contributed by atoms with Crippen molar-refractivity contribution in [1.82, 2.24) is 9.55 Å². The number of nitrogens with zero attached hydrogens (tertiary/aromatic N) is 2. The van der Waals surface area contributed by atoms with Crippen LogP contribution in [0.5, 0.6) is 0 Å². The quantitative estimate of drug-likeness (QED) is 0.817. The van der Waals surface area contributed by atoms with E-state index >= 15 is 0 Å². The lowest BCUT2D eigenvalue weighted by atomic mass is 9.98. The molecule has 0 unspecified atom stereocenters. The monoisotopic (exact) mass is 229 g/mol. The van der Waals surface area contributed by atoms with Crippen molar-refractivity contribution in [2.24, 2.45) is 7.05 Å². The van der Waals surface area contributed by atoms with Crippen molar-refractivity contribution >= 4 is 5.95 Å². The van der Waals surface area contributed by atoms with E-state index < -0.39 is 0 Å². The van der Waals surface area contributed by atoms with Crippen molar-refractivity contribution in [1.29, 1.82) is 0 Å². The first-order chi connectivity index (χ1) is 7.91. The lowest BCUT2D eigenvalue weighted by molar-refractivity contribution is 0.936. The Morgan fingerprint density at radius 2 is 1.59 bits per heavy atom. The van der Waals surface area contributed by atoms with Gasteiger partial charge in [-0.3, -0.25) is 0 Å². The molecule has 0 spiro atoms. The highest BCUT2D eigenvalue weighted by atomic mass is 15.1. The molecule has 0 aliphatic heterocycles. The summed E-state index contributed by atoms with van der Waals surface area (Å²) in [4.78, 5) is 4.32. The van der Waals surface area contributed by atoms with Gasteiger partial charge in [-0.25, -0.2) is 4.98 Å². The molecule has 90 valence electrons. The summed E-state index contributed by atoms with van der Waals surface area (Å²) in [6.45, 7) is 8.40. The average molecular weight is 229 g/mol. The summed E-state index contributed by atoms with van der Waals surface area (Å²) in [5, 5.41) is 0. The number of imidazole rings is 1. The highest BCUT2D eigenvalue weighted by Crippen LogP contribution is 2.29. The van der Waals surface area contributed by atoms with Gasteiger partial charge in [-0.15, -0.1) is 0 Å². The molecule has 2 N–H and O–H groups in total. The molecule has 2 aromatic rings. The van der Waals surface area contributed by atoms with Crippen molar-refractivity contribution in [3.8, 4) is 11.3 Å². The van der Waals surface area contributed by atoms with Crippen LogP contribution in [0.2, 0.25) is 0 Å². The predicted molar refractivity (Wildman–Crippen MR) is 72.0 cm³/mol. The first kappa shape index (κ1) is 11.7. The van der Waals surface area contributed by atoms with E-state index in [1.807, 2.05) is 18.5 Å². The molecule has 0 aliphatic carbocycles. The number of benzene rings is 1. The van der Waals surface area contributed by atoms with Gasteiger partial charge in [0.1, 0.15) is 0 Å². The molecule has 0 aliphatic rings. The summed E-state index contributed by atoms with van der Waals surface area (Å²) in [7, 11) is 1.96. The molecule has 3 heteroatoms. The standard InChI is InChI=1S/C14H19N3/c1-8-6-10(3)12(7-9(8)2)13-11(4)16-14(15)17(13)5/h6-7H,1-5H3,(H2,15,16). The van der Waals surface area contributed by atoms with Gasteiger partial charge < -0.3 is 10.3 Å². The van der Waals surface area contributed by atoms with Crippen LogP contribution in [0.15, 0.2) is 12.1 Å². The van der Waals surface area contributed by atoms with Crippen molar-refractivity contribution in [3.05, 3.63) is 34.5 Å². The molecule has 2 rings (SSSR count). The molecule has 1 heterocycles. The Morgan fingerprint density at radius 3 is 2.12 bits per heavy atom. The normalized spacial score (nSPS) is 10.9. The van der Waals surface area contributed by atoms with Crippen LogP contribution >= 0.6 is 0 Å². The van der Waals surface area contributed by atoms with Gasteiger partial charge in [0.15, 0.2) is 0 Å². The zero-order chi connectivity index (χ0) is 12.7. The van der Waals surface area contributed by atoms with Crippen LogP contribution in [-0.4, -0.2) is 9.55 Å². The van der Waals surface area contributed by atoms with Gasteiger partial charge in [-0.2, -0.15) is 0 Å². The second-order valence-electron chi connectivity index (χ2n) is 4.71. The third-order valence-corrected chi connectivity index (χ3v) is 3.40. The maximum Gasteiger partial charge on any atom is 0.200 e. The van der Waals surface area contributed by atoms with Crippen molar-refractivity contribution in [2.45, 2.75) is 27.7 Å². The molecule has 17 heavy (non-hydrogen) atoms. The van der Waals surface area contributed by atoms with Crippen molar-refractivity contribution < 1.29 is 0 Å². The zero-order valence-corrected chi connectivity index (χ0v) is 11.1.